The SMILES string of the molecule is CCCCCCC(=O)N1CCNCC1C(=O)N(C)C. The average Bonchev–Trinajstić information content (AvgIpc) is 2.42. The second kappa shape index (κ2) is 8.15. The average molecular weight is 269 g/mol. The summed E-state index contributed by atoms with van der Waals surface area (Å²) in [6, 6.07) is -0.331. The molecule has 1 aliphatic rings. The Hall–Kier alpha value is -1.10. The van der Waals surface area contributed by atoms with E-state index in [1.165, 1.54) is 12.8 Å². The van der Waals surface area contributed by atoms with Crippen molar-refractivity contribution >= 4 is 11.8 Å². The number of carbonyl (C=O) groups excluding carboxylic acids is 2. The summed E-state index contributed by atoms with van der Waals surface area (Å²) in [6.45, 7) is 4.14. The van der Waals surface area contributed by atoms with E-state index in [-0.39, 0.29) is 17.9 Å². The summed E-state index contributed by atoms with van der Waals surface area (Å²) >= 11 is 0. The maximum Gasteiger partial charge on any atom is 0.246 e. The summed E-state index contributed by atoms with van der Waals surface area (Å²) in [5.41, 5.74) is 0. The molecular formula is C14H27N3O2. The number of piperazine rings is 1. The second-order valence-electron chi connectivity index (χ2n) is 5.35. The van der Waals surface area contributed by atoms with Crippen LogP contribution in [0.25, 0.3) is 0 Å². The van der Waals surface area contributed by atoms with E-state index in [0.29, 0.717) is 19.5 Å². The number of rotatable bonds is 6. The Morgan fingerprint density at radius 1 is 1.26 bits per heavy atom. The van der Waals surface area contributed by atoms with Gasteiger partial charge in [0, 0.05) is 40.2 Å². The zero-order valence-corrected chi connectivity index (χ0v) is 12.4. The third kappa shape index (κ3) is 4.82. The molecule has 1 heterocycles. The van der Waals surface area contributed by atoms with Gasteiger partial charge >= 0.3 is 0 Å². The van der Waals surface area contributed by atoms with Crippen molar-refractivity contribution in [3.05, 3.63) is 0 Å². The fourth-order valence-electron chi connectivity index (χ4n) is 2.37. The van der Waals surface area contributed by atoms with Crippen LogP contribution < -0.4 is 5.32 Å². The highest BCUT2D eigenvalue weighted by atomic mass is 16.2. The van der Waals surface area contributed by atoms with Crippen LogP contribution in [0, 0.1) is 0 Å². The van der Waals surface area contributed by atoms with Crippen molar-refractivity contribution in [3.8, 4) is 0 Å². The molecular weight excluding hydrogens is 242 g/mol. The molecule has 5 nitrogen and oxygen atoms in total. The first-order valence-corrected chi connectivity index (χ1v) is 7.29. The number of hydrogen-bond donors (Lipinski definition) is 1. The molecule has 1 atom stereocenters. The highest BCUT2D eigenvalue weighted by molar-refractivity contribution is 5.87. The van der Waals surface area contributed by atoms with Gasteiger partial charge in [0.05, 0.1) is 0 Å². The summed E-state index contributed by atoms with van der Waals surface area (Å²) in [5.74, 6) is 0.131. The van der Waals surface area contributed by atoms with E-state index >= 15 is 0 Å². The van der Waals surface area contributed by atoms with Crippen LogP contribution in [-0.2, 0) is 9.59 Å². The van der Waals surface area contributed by atoms with Gasteiger partial charge < -0.3 is 15.1 Å². The van der Waals surface area contributed by atoms with Gasteiger partial charge in [-0.05, 0) is 6.42 Å². The number of hydrogen-bond acceptors (Lipinski definition) is 3. The molecule has 5 heteroatoms. The normalized spacial score (nSPS) is 19.3. The van der Waals surface area contributed by atoms with Crippen LogP contribution in [0.2, 0.25) is 0 Å². The van der Waals surface area contributed by atoms with Crippen LogP contribution in [0.5, 0.6) is 0 Å². The van der Waals surface area contributed by atoms with Crippen molar-refractivity contribution in [1.82, 2.24) is 15.1 Å². The lowest BCUT2D eigenvalue weighted by molar-refractivity contribution is -0.145. The summed E-state index contributed by atoms with van der Waals surface area (Å²) in [7, 11) is 3.47. The Balaban J connectivity index is 2.51. The zero-order valence-electron chi connectivity index (χ0n) is 12.4. The van der Waals surface area contributed by atoms with Gasteiger partial charge in [-0.25, -0.2) is 0 Å². The summed E-state index contributed by atoms with van der Waals surface area (Å²) in [6.07, 6.45) is 4.94. The lowest BCUT2D eigenvalue weighted by atomic mass is 10.1. The molecule has 0 bridgehead atoms. The predicted molar refractivity (Wildman–Crippen MR) is 75.8 cm³/mol. The standard InChI is InChI=1S/C14H27N3O2/c1-4-5-6-7-8-13(18)17-10-9-15-11-12(17)14(19)16(2)3/h12,15H,4-11H2,1-3H3. The van der Waals surface area contributed by atoms with Crippen LogP contribution in [0.15, 0.2) is 0 Å². The van der Waals surface area contributed by atoms with E-state index in [4.69, 9.17) is 0 Å². The van der Waals surface area contributed by atoms with Crippen molar-refractivity contribution in [2.24, 2.45) is 0 Å². The van der Waals surface area contributed by atoms with Gasteiger partial charge in [-0.1, -0.05) is 26.2 Å². The van der Waals surface area contributed by atoms with Crippen molar-refractivity contribution in [1.29, 1.82) is 0 Å². The summed E-state index contributed by atoms with van der Waals surface area (Å²) in [4.78, 5) is 27.6. The number of nitrogens with zero attached hydrogens (tertiary/aromatic N) is 2. The van der Waals surface area contributed by atoms with E-state index < -0.39 is 0 Å². The van der Waals surface area contributed by atoms with E-state index in [9.17, 15) is 9.59 Å². The van der Waals surface area contributed by atoms with Crippen LogP contribution >= 0.6 is 0 Å². The van der Waals surface area contributed by atoms with Crippen molar-refractivity contribution in [3.63, 3.8) is 0 Å². The van der Waals surface area contributed by atoms with E-state index in [1.807, 2.05) is 0 Å². The second-order valence-corrected chi connectivity index (χ2v) is 5.35. The molecule has 0 aromatic rings. The van der Waals surface area contributed by atoms with E-state index in [2.05, 4.69) is 12.2 Å². The van der Waals surface area contributed by atoms with Gasteiger partial charge in [0.2, 0.25) is 11.8 Å². The molecule has 1 rings (SSSR count). The molecule has 0 spiro atoms. The van der Waals surface area contributed by atoms with E-state index in [0.717, 1.165) is 19.4 Å². The first kappa shape index (κ1) is 16.0. The number of likely N-dealkylation sites (N-methyl/N-ethyl adjacent to an activating group) is 1. The molecule has 0 saturated carbocycles. The van der Waals surface area contributed by atoms with Gasteiger partial charge in [-0.15, -0.1) is 0 Å². The smallest absolute Gasteiger partial charge is 0.246 e. The van der Waals surface area contributed by atoms with Crippen molar-refractivity contribution < 1.29 is 9.59 Å². The monoisotopic (exact) mass is 269 g/mol. The minimum Gasteiger partial charge on any atom is -0.347 e. The van der Waals surface area contributed by atoms with Crippen molar-refractivity contribution in [2.75, 3.05) is 33.7 Å². The summed E-state index contributed by atoms with van der Waals surface area (Å²) in [5, 5.41) is 3.19. The highest BCUT2D eigenvalue weighted by Crippen LogP contribution is 2.11. The Bertz CT molecular complexity index is 305. The lowest BCUT2D eigenvalue weighted by Gasteiger charge is -2.36. The largest absolute Gasteiger partial charge is 0.347 e. The van der Waals surface area contributed by atoms with Crippen LogP contribution in [0.1, 0.15) is 39.0 Å². The topological polar surface area (TPSA) is 52.7 Å². The van der Waals surface area contributed by atoms with Crippen LogP contribution in [-0.4, -0.2) is 61.4 Å². The third-order valence-electron chi connectivity index (χ3n) is 3.53. The van der Waals surface area contributed by atoms with Gasteiger partial charge in [-0.3, -0.25) is 9.59 Å². The minimum atomic E-state index is -0.331. The molecule has 0 radical (unpaired) electrons. The predicted octanol–water partition coefficient (Wildman–Crippen LogP) is 0.845. The molecule has 0 aromatic heterocycles. The Morgan fingerprint density at radius 2 is 2.00 bits per heavy atom. The Kier molecular flexibility index (Phi) is 6.84. The number of amides is 2. The van der Waals surface area contributed by atoms with Crippen LogP contribution in [0.4, 0.5) is 0 Å². The molecule has 19 heavy (non-hydrogen) atoms. The Labute approximate surface area is 116 Å². The molecule has 1 fully saturated rings. The first-order chi connectivity index (χ1) is 9.07. The fraction of sp³-hybridized carbons (Fsp3) is 0.857. The molecule has 0 aromatic carbocycles. The quantitative estimate of drug-likeness (QED) is 0.727. The van der Waals surface area contributed by atoms with Gasteiger partial charge in [0.25, 0.3) is 0 Å². The minimum absolute atomic E-state index is 0.00843. The van der Waals surface area contributed by atoms with Gasteiger partial charge in [0.15, 0.2) is 0 Å². The molecule has 1 aliphatic heterocycles. The molecule has 2 amide bonds. The molecule has 1 unspecified atom stereocenters. The first-order valence-electron chi connectivity index (χ1n) is 7.29. The third-order valence-corrected chi connectivity index (χ3v) is 3.53. The Morgan fingerprint density at radius 3 is 2.63 bits per heavy atom. The molecule has 0 aliphatic carbocycles. The number of carbonyl (C=O) groups is 2. The number of nitrogens with one attached hydrogen (secondary N) is 1. The van der Waals surface area contributed by atoms with Gasteiger partial charge in [-0.2, -0.15) is 0 Å². The molecule has 110 valence electrons. The zero-order chi connectivity index (χ0) is 14.3. The maximum atomic E-state index is 12.2. The fourth-order valence-corrected chi connectivity index (χ4v) is 2.37. The molecule has 1 N–H and O–H groups in total. The van der Waals surface area contributed by atoms with Gasteiger partial charge in [0.1, 0.15) is 6.04 Å². The highest BCUT2D eigenvalue weighted by Gasteiger charge is 2.32. The lowest BCUT2D eigenvalue weighted by Crippen LogP contribution is -2.59. The van der Waals surface area contributed by atoms with Crippen LogP contribution in [0.3, 0.4) is 0 Å². The van der Waals surface area contributed by atoms with Crippen molar-refractivity contribution in [2.45, 2.75) is 45.1 Å². The molecule has 1 saturated heterocycles. The summed E-state index contributed by atoms with van der Waals surface area (Å²) < 4.78 is 0. The maximum absolute atomic E-state index is 12.2. The number of unbranched alkanes of at least 4 members (excludes halogenated alkanes) is 3. The van der Waals surface area contributed by atoms with E-state index in [1.54, 1.807) is 23.9 Å².